The van der Waals surface area contributed by atoms with Gasteiger partial charge in [0.05, 0.1) is 5.75 Å². The first-order valence-corrected chi connectivity index (χ1v) is 6.33. The van der Waals surface area contributed by atoms with E-state index in [0.29, 0.717) is 16.0 Å². The van der Waals surface area contributed by atoms with Gasteiger partial charge in [0, 0.05) is 19.2 Å². The smallest absolute Gasteiger partial charge is 0.256 e. The topological polar surface area (TPSA) is 44.5 Å². The SMILES string of the molecule is COC(CSc1nc2cc(Cl)ccc2o1)OC. The summed E-state index contributed by atoms with van der Waals surface area (Å²) in [6, 6.07) is 5.35. The van der Waals surface area contributed by atoms with Crippen LogP contribution in [0.25, 0.3) is 11.1 Å². The van der Waals surface area contributed by atoms with Crippen LogP contribution in [0.5, 0.6) is 0 Å². The average molecular weight is 274 g/mol. The highest BCUT2D eigenvalue weighted by Gasteiger charge is 2.11. The van der Waals surface area contributed by atoms with Gasteiger partial charge in [-0.2, -0.15) is 0 Å². The fraction of sp³-hybridized carbons (Fsp3) is 0.364. The van der Waals surface area contributed by atoms with Gasteiger partial charge in [-0.3, -0.25) is 0 Å². The second-order valence-corrected chi connectivity index (χ2v) is 4.71. The van der Waals surface area contributed by atoms with E-state index >= 15 is 0 Å². The summed E-state index contributed by atoms with van der Waals surface area (Å²) in [4.78, 5) is 4.31. The summed E-state index contributed by atoms with van der Waals surface area (Å²) in [5.41, 5.74) is 1.48. The van der Waals surface area contributed by atoms with Crippen LogP contribution in [0.2, 0.25) is 5.02 Å². The largest absolute Gasteiger partial charge is 0.431 e. The molecule has 0 radical (unpaired) electrons. The lowest BCUT2D eigenvalue weighted by Gasteiger charge is -2.10. The summed E-state index contributed by atoms with van der Waals surface area (Å²) in [6.45, 7) is 0. The van der Waals surface area contributed by atoms with Crippen molar-refractivity contribution in [1.29, 1.82) is 0 Å². The maximum absolute atomic E-state index is 5.87. The van der Waals surface area contributed by atoms with Crippen molar-refractivity contribution in [1.82, 2.24) is 4.98 Å². The highest BCUT2D eigenvalue weighted by atomic mass is 35.5. The van der Waals surface area contributed by atoms with Gasteiger partial charge in [-0.15, -0.1) is 0 Å². The number of thioether (sulfide) groups is 1. The van der Waals surface area contributed by atoms with Crippen LogP contribution in [-0.4, -0.2) is 31.2 Å². The van der Waals surface area contributed by atoms with Crippen molar-refractivity contribution in [2.24, 2.45) is 0 Å². The minimum Gasteiger partial charge on any atom is -0.431 e. The Bertz CT molecular complexity index is 498. The van der Waals surface area contributed by atoms with Gasteiger partial charge < -0.3 is 13.9 Å². The molecule has 0 saturated heterocycles. The normalized spacial score (nSPS) is 11.5. The molecule has 1 heterocycles. The highest BCUT2D eigenvalue weighted by molar-refractivity contribution is 7.99. The molecule has 0 atom stereocenters. The molecule has 6 heteroatoms. The molecule has 0 unspecified atom stereocenters. The molecule has 0 saturated carbocycles. The van der Waals surface area contributed by atoms with Crippen molar-refractivity contribution in [3.63, 3.8) is 0 Å². The zero-order chi connectivity index (χ0) is 12.3. The Labute approximate surface area is 108 Å². The number of hydrogen-bond donors (Lipinski definition) is 0. The number of ether oxygens (including phenoxy) is 2. The van der Waals surface area contributed by atoms with Gasteiger partial charge in [-0.1, -0.05) is 23.4 Å². The van der Waals surface area contributed by atoms with Gasteiger partial charge >= 0.3 is 0 Å². The number of oxazole rings is 1. The molecule has 92 valence electrons. The third-order valence-electron chi connectivity index (χ3n) is 2.20. The van der Waals surface area contributed by atoms with Gasteiger partial charge in [0.15, 0.2) is 11.9 Å². The van der Waals surface area contributed by atoms with Crippen molar-refractivity contribution >= 4 is 34.5 Å². The number of fused-ring (bicyclic) bond motifs is 1. The van der Waals surface area contributed by atoms with E-state index in [4.69, 9.17) is 25.5 Å². The minimum absolute atomic E-state index is 0.265. The van der Waals surface area contributed by atoms with Crippen molar-refractivity contribution in [2.75, 3.05) is 20.0 Å². The fourth-order valence-corrected chi connectivity index (χ4v) is 2.34. The number of rotatable bonds is 5. The molecular weight excluding hydrogens is 262 g/mol. The molecule has 0 spiro atoms. The average Bonchev–Trinajstić information content (AvgIpc) is 2.72. The molecule has 17 heavy (non-hydrogen) atoms. The summed E-state index contributed by atoms with van der Waals surface area (Å²) < 4.78 is 15.7. The predicted octanol–water partition coefficient (Wildman–Crippen LogP) is 3.19. The molecule has 0 fully saturated rings. The van der Waals surface area contributed by atoms with E-state index in [0.717, 1.165) is 11.1 Å². The molecule has 4 nitrogen and oxygen atoms in total. The summed E-state index contributed by atoms with van der Waals surface area (Å²) in [7, 11) is 3.20. The van der Waals surface area contributed by atoms with E-state index in [1.54, 1.807) is 32.4 Å². The molecule has 2 aromatic rings. The zero-order valence-electron chi connectivity index (χ0n) is 9.47. The summed E-state index contributed by atoms with van der Waals surface area (Å²) in [5, 5.41) is 1.23. The maximum Gasteiger partial charge on any atom is 0.256 e. The lowest BCUT2D eigenvalue weighted by Crippen LogP contribution is -2.15. The number of hydrogen-bond acceptors (Lipinski definition) is 5. The monoisotopic (exact) mass is 273 g/mol. The van der Waals surface area contributed by atoms with Crippen LogP contribution in [0.15, 0.2) is 27.8 Å². The molecule has 0 N–H and O–H groups in total. The van der Waals surface area contributed by atoms with Crippen LogP contribution in [0, 0.1) is 0 Å². The Balaban J connectivity index is 2.09. The van der Waals surface area contributed by atoms with E-state index in [2.05, 4.69) is 4.98 Å². The molecule has 0 aliphatic heterocycles. The Morgan fingerprint density at radius 3 is 2.88 bits per heavy atom. The molecular formula is C11H12ClNO3S. The number of benzene rings is 1. The van der Waals surface area contributed by atoms with Gasteiger partial charge in [0.2, 0.25) is 0 Å². The third kappa shape index (κ3) is 3.13. The number of halogens is 1. The van der Waals surface area contributed by atoms with Crippen LogP contribution >= 0.6 is 23.4 Å². The van der Waals surface area contributed by atoms with Crippen LogP contribution in [0.3, 0.4) is 0 Å². The first kappa shape index (κ1) is 12.7. The Hall–Kier alpha value is -0.750. The Kier molecular flexibility index (Phi) is 4.28. The second-order valence-electron chi connectivity index (χ2n) is 3.30. The molecule has 0 amide bonds. The second kappa shape index (κ2) is 5.73. The lowest BCUT2D eigenvalue weighted by atomic mass is 10.3. The van der Waals surface area contributed by atoms with Crippen molar-refractivity contribution < 1.29 is 13.9 Å². The Morgan fingerprint density at radius 2 is 2.18 bits per heavy atom. The predicted molar refractivity (Wildman–Crippen MR) is 67.5 cm³/mol. The fourth-order valence-electron chi connectivity index (χ4n) is 1.31. The van der Waals surface area contributed by atoms with Gasteiger partial charge in [0.1, 0.15) is 5.52 Å². The van der Waals surface area contributed by atoms with E-state index < -0.39 is 0 Å². The highest BCUT2D eigenvalue weighted by Crippen LogP contribution is 2.26. The molecule has 0 bridgehead atoms. The quantitative estimate of drug-likeness (QED) is 0.618. The molecule has 0 aliphatic carbocycles. The van der Waals surface area contributed by atoms with Gasteiger partial charge in [-0.25, -0.2) is 4.98 Å². The van der Waals surface area contributed by atoms with Crippen molar-refractivity contribution in [2.45, 2.75) is 11.5 Å². The van der Waals surface area contributed by atoms with Crippen LogP contribution < -0.4 is 0 Å². The minimum atomic E-state index is -0.265. The van der Waals surface area contributed by atoms with E-state index in [-0.39, 0.29) is 6.29 Å². The lowest BCUT2D eigenvalue weighted by molar-refractivity contribution is -0.0843. The van der Waals surface area contributed by atoms with Gasteiger partial charge in [-0.05, 0) is 18.2 Å². The Morgan fingerprint density at radius 1 is 1.41 bits per heavy atom. The summed E-state index contributed by atoms with van der Waals surface area (Å²) in [5.74, 6) is 0.619. The van der Waals surface area contributed by atoms with Crippen LogP contribution in [0.4, 0.5) is 0 Å². The maximum atomic E-state index is 5.87. The van der Waals surface area contributed by atoms with Crippen LogP contribution in [-0.2, 0) is 9.47 Å². The van der Waals surface area contributed by atoms with Crippen molar-refractivity contribution in [3.05, 3.63) is 23.2 Å². The standard InChI is InChI=1S/C11H12ClNO3S/c1-14-10(15-2)6-17-11-13-8-5-7(12)3-4-9(8)16-11/h3-5,10H,6H2,1-2H3. The first-order valence-electron chi connectivity index (χ1n) is 4.97. The van der Waals surface area contributed by atoms with Crippen molar-refractivity contribution in [3.8, 4) is 0 Å². The van der Waals surface area contributed by atoms with E-state index in [1.165, 1.54) is 11.8 Å². The number of methoxy groups -OCH3 is 2. The molecule has 2 rings (SSSR count). The molecule has 1 aromatic carbocycles. The third-order valence-corrected chi connectivity index (χ3v) is 3.29. The van der Waals surface area contributed by atoms with E-state index in [9.17, 15) is 0 Å². The first-order chi connectivity index (χ1) is 8.22. The number of aromatic nitrogens is 1. The van der Waals surface area contributed by atoms with Crippen LogP contribution in [0.1, 0.15) is 0 Å². The molecule has 1 aromatic heterocycles. The summed E-state index contributed by atoms with van der Waals surface area (Å²) in [6.07, 6.45) is -0.265. The summed E-state index contributed by atoms with van der Waals surface area (Å²) >= 11 is 7.31. The zero-order valence-corrected chi connectivity index (χ0v) is 11.0. The number of nitrogens with zero attached hydrogens (tertiary/aromatic N) is 1. The van der Waals surface area contributed by atoms with Gasteiger partial charge in [0.25, 0.3) is 5.22 Å². The molecule has 0 aliphatic rings. The van der Waals surface area contributed by atoms with E-state index in [1.807, 2.05) is 0 Å².